The van der Waals surface area contributed by atoms with Crippen LogP contribution in [0.15, 0.2) is 53.7 Å². The summed E-state index contributed by atoms with van der Waals surface area (Å²) < 4.78 is 71.7. The van der Waals surface area contributed by atoms with Crippen LogP contribution in [-0.2, 0) is 7.05 Å². The molecule has 150 valence electrons. The van der Waals surface area contributed by atoms with Gasteiger partial charge in [-0.2, -0.15) is 5.10 Å². The Hall–Kier alpha value is -3.15. The predicted molar refractivity (Wildman–Crippen MR) is 91.3 cm³/mol. The molecular formula is C16H12F5N3O3S. The van der Waals surface area contributed by atoms with Crippen LogP contribution < -0.4 is 4.74 Å². The molecule has 0 saturated carbocycles. The van der Waals surface area contributed by atoms with Crippen molar-refractivity contribution >= 4 is 16.2 Å². The third kappa shape index (κ3) is 4.22. The number of aryl methyl sites for hydroxylation is 1. The van der Waals surface area contributed by atoms with Crippen LogP contribution in [0, 0.1) is 0 Å². The lowest BCUT2D eigenvalue weighted by molar-refractivity contribution is 0.0696. The molecule has 0 radical (unpaired) electrons. The second kappa shape index (κ2) is 5.67. The number of rotatable bonds is 5. The molecule has 0 fully saturated rings. The average molecular weight is 421 g/mol. The molecular weight excluding hydrogens is 409 g/mol. The monoisotopic (exact) mass is 421 g/mol. The highest BCUT2D eigenvalue weighted by Crippen LogP contribution is 3.02. The smallest absolute Gasteiger partial charge is 0.337 e. The Morgan fingerprint density at radius 1 is 1.14 bits per heavy atom. The van der Waals surface area contributed by atoms with E-state index in [4.69, 9.17) is 9.84 Å². The van der Waals surface area contributed by atoms with E-state index in [0.717, 1.165) is 18.3 Å². The van der Waals surface area contributed by atoms with Crippen molar-refractivity contribution in [1.82, 2.24) is 14.8 Å². The highest BCUT2D eigenvalue weighted by Gasteiger charge is 2.65. The van der Waals surface area contributed by atoms with E-state index in [1.165, 1.54) is 16.8 Å². The highest BCUT2D eigenvalue weighted by molar-refractivity contribution is 8.45. The number of benzene rings is 1. The molecule has 0 atom stereocenters. The molecule has 1 N–H and O–H groups in total. The molecule has 28 heavy (non-hydrogen) atoms. The minimum absolute atomic E-state index is 0.0678. The maximum Gasteiger partial charge on any atom is 0.337 e. The molecule has 0 amide bonds. The maximum atomic E-state index is 13.0. The van der Waals surface area contributed by atoms with E-state index >= 15 is 0 Å². The zero-order valence-electron chi connectivity index (χ0n) is 14.0. The second-order valence-electron chi connectivity index (χ2n) is 5.80. The van der Waals surface area contributed by atoms with Crippen molar-refractivity contribution in [3.05, 3.63) is 54.4 Å². The lowest BCUT2D eigenvalue weighted by atomic mass is 10.1. The number of ether oxygens (including phenoxy) is 1. The topological polar surface area (TPSA) is 77.2 Å². The van der Waals surface area contributed by atoms with E-state index in [2.05, 4.69) is 10.1 Å². The first-order valence-corrected chi connectivity index (χ1v) is 9.43. The van der Waals surface area contributed by atoms with Gasteiger partial charge in [-0.25, -0.2) is 9.78 Å². The van der Waals surface area contributed by atoms with Crippen molar-refractivity contribution in [3.63, 3.8) is 0 Å². The zero-order chi connectivity index (χ0) is 20.8. The minimum atomic E-state index is -9.89. The lowest BCUT2D eigenvalue weighted by Gasteiger charge is -2.40. The van der Waals surface area contributed by atoms with E-state index in [-0.39, 0.29) is 34.8 Å². The minimum Gasteiger partial charge on any atom is -0.478 e. The summed E-state index contributed by atoms with van der Waals surface area (Å²) in [5.74, 6) is -2.12. The van der Waals surface area contributed by atoms with Gasteiger partial charge >= 0.3 is 16.2 Å². The van der Waals surface area contributed by atoms with E-state index in [0.29, 0.717) is 0 Å². The third-order valence-electron chi connectivity index (χ3n) is 3.55. The summed E-state index contributed by atoms with van der Waals surface area (Å²) in [6.45, 7) is 0. The van der Waals surface area contributed by atoms with Gasteiger partial charge in [-0.3, -0.25) is 4.68 Å². The number of halogens is 5. The van der Waals surface area contributed by atoms with E-state index in [1.54, 1.807) is 13.2 Å². The first kappa shape index (κ1) is 19.6. The van der Waals surface area contributed by atoms with Crippen molar-refractivity contribution in [1.29, 1.82) is 0 Å². The Morgan fingerprint density at radius 2 is 1.86 bits per heavy atom. The summed E-state index contributed by atoms with van der Waals surface area (Å²) >= 11 is 0. The van der Waals surface area contributed by atoms with Gasteiger partial charge in [-0.1, -0.05) is 25.5 Å². The zero-order valence-corrected chi connectivity index (χ0v) is 14.8. The molecule has 2 heterocycles. The van der Waals surface area contributed by atoms with Crippen LogP contribution in [0.1, 0.15) is 10.4 Å². The number of hydrogen-bond donors (Lipinski definition) is 1. The molecule has 6 nitrogen and oxygen atoms in total. The van der Waals surface area contributed by atoms with Crippen molar-refractivity contribution in [2.75, 3.05) is 0 Å². The van der Waals surface area contributed by atoms with Crippen molar-refractivity contribution < 1.29 is 34.1 Å². The van der Waals surface area contributed by atoms with Gasteiger partial charge < -0.3 is 9.84 Å². The van der Waals surface area contributed by atoms with Crippen LogP contribution in [0.5, 0.6) is 11.6 Å². The molecule has 2 aromatic heterocycles. The van der Waals surface area contributed by atoms with Crippen LogP contribution in [0.2, 0.25) is 0 Å². The average Bonchev–Trinajstić information content (AvgIpc) is 2.99. The lowest BCUT2D eigenvalue weighted by Crippen LogP contribution is -2.06. The molecule has 12 heteroatoms. The maximum absolute atomic E-state index is 13.0. The second-order valence-corrected chi connectivity index (χ2v) is 8.21. The summed E-state index contributed by atoms with van der Waals surface area (Å²) in [4.78, 5) is 12.9. The number of carboxylic acids is 1. The Labute approximate surface area is 154 Å². The molecule has 3 rings (SSSR count). The predicted octanol–water partition coefficient (Wildman–Crippen LogP) is 5.63. The molecule has 0 saturated heterocycles. The Kier molecular flexibility index (Phi) is 3.97. The fraction of sp³-hybridized carbons (Fsp3) is 0.0625. The summed E-state index contributed by atoms with van der Waals surface area (Å²) in [6, 6.07) is 4.89. The number of aromatic carboxylic acids is 1. The number of carboxylic acid groups (broad SMARTS) is 1. The first-order chi connectivity index (χ1) is 12.7. The van der Waals surface area contributed by atoms with Crippen molar-refractivity contribution in [3.8, 4) is 22.9 Å². The van der Waals surface area contributed by atoms with Crippen LogP contribution in [-0.4, -0.2) is 25.8 Å². The number of aromatic nitrogens is 3. The highest BCUT2D eigenvalue weighted by atomic mass is 32.5. The fourth-order valence-corrected chi connectivity index (χ4v) is 2.96. The third-order valence-corrected chi connectivity index (χ3v) is 4.70. The van der Waals surface area contributed by atoms with Crippen molar-refractivity contribution in [2.24, 2.45) is 7.05 Å². The molecule has 0 unspecified atom stereocenters. The number of carbonyl (C=O) groups is 1. The van der Waals surface area contributed by atoms with Gasteiger partial charge in [0, 0.05) is 25.5 Å². The summed E-state index contributed by atoms with van der Waals surface area (Å²) in [7, 11) is -8.29. The van der Waals surface area contributed by atoms with Crippen LogP contribution in [0.25, 0.3) is 11.3 Å². The standard InChI is InChI=1S/C16H12F5N3O3S/c1-24-6-5-14(23-24)13-7-10(16(25)26)9-22-15(13)27-11-3-2-4-12(8-11)28(17,18,19,20)21/h2-9H,1H3,(H,25,26). The van der Waals surface area contributed by atoms with Gasteiger partial charge in [0.2, 0.25) is 5.88 Å². The van der Waals surface area contributed by atoms with Gasteiger partial charge in [0.05, 0.1) is 16.8 Å². The number of nitrogens with zero attached hydrogens (tertiary/aromatic N) is 3. The molecule has 3 aromatic rings. The molecule has 0 spiro atoms. The van der Waals surface area contributed by atoms with Crippen LogP contribution in [0.4, 0.5) is 19.4 Å². The van der Waals surface area contributed by atoms with Gasteiger partial charge in [-0.15, -0.1) is 0 Å². The van der Waals surface area contributed by atoms with Gasteiger partial charge in [0.15, 0.2) is 0 Å². The van der Waals surface area contributed by atoms with E-state index in [1.807, 2.05) is 0 Å². The van der Waals surface area contributed by atoms with Gasteiger partial charge in [-0.05, 0) is 24.3 Å². The van der Waals surface area contributed by atoms with Gasteiger partial charge in [0.25, 0.3) is 0 Å². The van der Waals surface area contributed by atoms with Crippen LogP contribution in [0.3, 0.4) is 0 Å². The van der Waals surface area contributed by atoms with E-state index < -0.39 is 26.8 Å². The summed E-state index contributed by atoms with van der Waals surface area (Å²) in [6.07, 6.45) is 2.47. The summed E-state index contributed by atoms with van der Waals surface area (Å²) in [5.41, 5.74) is 0.0870. The number of pyridine rings is 1. The Bertz CT molecular complexity index is 1080. The number of hydrogen-bond acceptors (Lipinski definition) is 4. The van der Waals surface area contributed by atoms with Crippen LogP contribution >= 0.6 is 10.2 Å². The fourth-order valence-electron chi connectivity index (χ4n) is 2.28. The van der Waals surface area contributed by atoms with Gasteiger partial charge in [0.1, 0.15) is 10.6 Å². The molecule has 0 aliphatic carbocycles. The molecule has 0 aliphatic rings. The Morgan fingerprint density at radius 3 is 2.43 bits per heavy atom. The summed E-state index contributed by atoms with van der Waals surface area (Å²) in [5, 5.41) is 13.2. The first-order valence-electron chi connectivity index (χ1n) is 7.48. The van der Waals surface area contributed by atoms with E-state index in [9.17, 15) is 24.2 Å². The molecule has 1 aromatic carbocycles. The largest absolute Gasteiger partial charge is 0.478 e. The SMILES string of the molecule is Cn1ccc(-c2cc(C(=O)O)cnc2Oc2cccc(S(F)(F)(F)(F)F)c2)n1. The molecule has 0 aliphatic heterocycles. The normalized spacial score (nSPS) is 14.2. The Balaban J connectivity index is 2.07. The molecule has 0 bridgehead atoms. The quantitative estimate of drug-likeness (QED) is 0.541. The van der Waals surface area contributed by atoms with Crippen molar-refractivity contribution in [2.45, 2.75) is 4.90 Å².